The van der Waals surface area contributed by atoms with Gasteiger partial charge in [-0.15, -0.1) is 0 Å². The molecule has 1 saturated carbocycles. The van der Waals surface area contributed by atoms with Crippen LogP contribution in [-0.2, 0) is 0 Å². The number of nitrogens with zero attached hydrogens (tertiary/aromatic N) is 2. The topological polar surface area (TPSA) is 58.0 Å². The molecule has 4 heteroatoms. The first-order valence-electron chi connectivity index (χ1n) is 4.03. The van der Waals surface area contributed by atoms with Gasteiger partial charge in [-0.1, -0.05) is 0 Å². The van der Waals surface area contributed by atoms with E-state index in [4.69, 9.17) is 5.11 Å². The molecule has 0 aromatic carbocycles. The van der Waals surface area contributed by atoms with Crippen molar-refractivity contribution in [3.05, 3.63) is 18.6 Å². The number of hydrogen-bond donors (Lipinski definition) is 2. The molecule has 1 aromatic rings. The van der Waals surface area contributed by atoms with E-state index in [0.717, 1.165) is 12.2 Å². The highest BCUT2D eigenvalue weighted by Gasteiger charge is 2.36. The van der Waals surface area contributed by atoms with Gasteiger partial charge in [0.05, 0.1) is 6.20 Å². The van der Waals surface area contributed by atoms with Crippen LogP contribution in [0.1, 0.15) is 6.42 Å². The number of hydrogen-bond acceptors (Lipinski definition) is 4. The highest BCUT2D eigenvalue weighted by Crippen LogP contribution is 2.31. The van der Waals surface area contributed by atoms with Gasteiger partial charge < -0.3 is 10.4 Å². The average molecular weight is 165 g/mol. The van der Waals surface area contributed by atoms with Gasteiger partial charge in [0.25, 0.3) is 0 Å². The maximum Gasteiger partial charge on any atom is 0.144 e. The van der Waals surface area contributed by atoms with Crippen LogP contribution < -0.4 is 5.32 Å². The third-order valence-electron chi connectivity index (χ3n) is 2.05. The third kappa shape index (κ3) is 1.53. The van der Waals surface area contributed by atoms with Crippen LogP contribution >= 0.6 is 0 Å². The lowest BCUT2D eigenvalue weighted by molar-refractivity contribution is 0.275. The monoisotopic (exact) mass is 165 g/mol. The Labute approximate surface area is 70.7 Å². The summed E-state index contributed by atoms with van der Waals surface area (Å²) in [5.41, 5.74) is 0. The molecular weight excluding hydrogens is 154 g/mol. The molecule has 1 heterocycles. The van der Waals surface area contributed by atoms with E-state index in [1.165, 1.54) is 0 Å². The van der Waals surface area contributed by atoms with Crippen LogP contribution in [0.2, 0.25) is 0 Å². The van der Waals surface area contributed by atoms with Crippen LogP contribution in [0.4, 0.5) is 5.82 Å². The van der Waals surface area contributed by atoms with Gasteiger partial charge in [0, 0.05) is 31.0 Å². The van der Waals surface area contributed by atoms with Gasteiger partial charge >= 0.3 is 0 Å². The van der Waals surface area contributed by atoms with Crippen molar-refractivity contribution in [3.8, 4) is 0 Å². The highest BCUT2D eigenvalue weighted by molar-refractivity contribution is 5.34. The van der Waals surface area contributed by atoms with Gasteiger partial charge in [-0.05, 0) is 6.42 Å². The molecule has 1 aliphatic carbocycles. The Morgan fingerprint density at radius 1 is 1.58 bits per heavy atom. The zero-order valence-electron chi connectivity index (χ0n) is 6.64. The molecule has 2 unspecified atom stereocenters. The van der Waals surface area contributed by atoms with E-state index in [1.807, 2.05) is 0 Å². The number of rotatable bonds is 3. The Hall–Kier alpha value is -1.16. The minimum atomic E-state index is 0.262. The summed E-state index contributed by atoms with van der Waals surface area (Å²) < 4.78 is 0. The van der Waals surface area contributed by atoms with Crippen LogP contribution in [0.3, 0.4) is 0 Å². The Morgan fingerprint density at radius 2 is 2.50 bits per heavy atom. The molecule has 2 rings (SSSR count). The number of nitrogens with one attached hydrogen (secondary N) is 1. The van der Waals surface area contributed by atoms with E-state index in [0.29, 0.717) is 12.0 Å². The van der Waals surface area contributed by atoms with Crippen molar-refractivity contribution in [1.82, 2.24) is 9.97 Å². The van der Waals surface area contributed by atoms with Crippen molar-refractivity contribution in [2.75, 3.05) is 11.9 Å². The van der Waals surface area contributed by atoms with Crippen molar-refractivity contribution in [3.63, 3.8) is 0 Å². The first-order valence-corrected chi connectivity index (χ1v) is 4.03. The maximum absolute atomic E-state index is 8.78. The SMILES string of the molecule is OCC1CC1Nc1cnccn1. The van der Waals surface area contributed by atoms with Crippen molar-refractivity contribution in [2.45, 2.75) is 12.5 Å². The molecule has 2 N–H and O–H groups in total. The largest absolute Gasteiger partial charge is 0.396 e. The summed E-state index contributed by atoms with van der Waals surface area (Å²) in [5, 5.41) is 12.0. The predicted molar refractivity (Wildman–Crippen MR) is 44.6 cm³/mol. The summed E-state index contributed by atoms with van der Waals surface area (Å²) >= 11 is 0. The van der Waals surface area contributed by atoms with Gasteiger partial charge in [0.2, 0.25) is 0 Å². The summed E-state index contributed by atoms with van der Waals surface area (Å²) in [6.45, 7) is 0.262. The van der Waals surface area contributed by atoms with E-state index < -0.39 is 0 Å². The number of aromatic nitrogens is 2. The van der Waals surface area contributed by atoms with Crippen molar-refractivity contribution in [1.29, 1.82) is 0 Å². The molecule has 0 amide bonds. The van der Waals surface area contributed by atoms with E-state index in [9.17, 15) is 0 Å². The van der Waals surface area contributed by atoms with Crippen LogP contribution in [0.15, 0.2) is 18.6 Å². The molecule has 0 spiro atoms. The minimum absolute atomic E-state index is 0.262. The average Bonchev–Trinajstić information content (AvgIpc) is 2.85. The Kier molecular flexibility index (Phi) is 1.91. The summed E-state index contributed by atoms with van der Waals surface area (Å²) in [5.74, 6) is 1.20. The molecule has 1 aliphatic rings. The number of aliphatic hydroxyl groups is 1. The third-order valence-corrected chi connectivity index (χ3v) is 2.05. The summed E-state index contributed by atoms with van der Waals surface area (Å²) in [7, 11) is 0. The molecular formula is C8H11N3O. The smallest absolute Gasteiger partial charge is 0.144 e. The quantitative estimate of drug-likeness (QED) is 0.675. The Balaban J connectivity index is 1.89. The summed E-state index contributed by atoms with van der Waals surface area (Å²) in [6.07, 6.45) is 6.01. The molecule has 12 heavy (non-hydrogen) atoms. The Morgan fingerprint density at radius 3 is 3.08 bits per heavy atom. The van der Waals surface area contributed by atoms with Gasteiger partial charge in [-0.3, -0.25) is 4.98 Å². The van der Waals surface area contributed by atoms with E-state index >= 15 is 0 Å². The van der Waals surface area contributed by atoms with Gasteiger partial charge in [0.15, 0.2) is 0 Å². The van der Waals surface area contributed by atoms with E-state index in [1.54, 1.807) is 18.6 Å². The second kappa shape index (κ2) is 3.06. The van der Waals surface area contributed by atoms with Gasteiger partial charge in [-0.25, -0.2) is 4.98 Å². The van der Waals surface area contributed by atoms with Crippen LogP contribution in [0, 0.1) is 5.92 Å². The Bertz CT molecular complexity index is 252. The second-order valence-electron chi connectivity index (χ2n) is 3.02. The number of aliphatic hydroxyl groups excluding tert-OH is 1. The first kappa shape index (κ1) is 7.49. The van der Waals surface area contributed by atoms with Crippen LogP contribution in [0.5, 0.6) is 0 Å². The molecule has 1 fully saturated rings. The summed E-state index contributed by atoms with van der Waals surface area (Å²) in [6, 6.07) is 0.395. The lowest BCUT2D eigenvalue weighted by Gasteiger charge is -2.01. The molecule has 2 atom stereocenters. The fourth-order valence-corrected chi connectivity index (χ4v) is 1.19. The van der Waals surface area contributed by atoms with Crippen LogP contribution in [-0.4, -0.2) is 27.7 Å². The van der Waals surface area contributed by atoms with Gasteiger partial charge in [0.1, 0.15) is 5.82 Å². The lowest BCUT2D eigenvalue weighted by atomic mass is 10.4. The maximum atomic E-state index is 8.78. The highest BCUT2D eigenvalue weighted by atomic mass is 16.3. The lowest BCUT2D eigenvalue weighted by Crippen LogP contribution is -2.07. The molecule has 1 aromatic heterocycles. The minimum Gasteiger partial charge on any atom is -0.396 e. The molecule has 64 valence electrons. The first-order chi connectivity index (χ1) is 5.90. The van der Waals surface area contributed by atoms with Crippen molar-refractivity contribution in [2.24, 2.45) is 5.92 Å². The molecule has 0 saturated heterocycles. The molecule has 4 nitrogen and oxygen atoms in total. The van der Waals surface area contributed by atoms with Gasteiger partial charge in [-0.2, -0.15) is 0 Å². The standard InChI is InChI=1S/C8H11N3O/c12-5-6-3-7(6)11-8-4-9-1-2-10-8/h1-2,4,6-7,12H,3,5H2,(H,10,11). The van der Waals surface area contributed by atoms with Crippen LogP contribution in [0.25, 0.3) is 0 Å². The zero-order chi connectivity index (χ0) is 8.39. The second-order valence-corrected chi connectivity index (χ2v) is 3.02. The van der Waals surface area contributed by atoms with Crippen molar-refractivity contribution < 1.29 is 5.11 Å². The van der Waals surface area contributed by atoms with E-state index in [2.05, 4.69) is 15.3 Å². The number of anilines is 1. The molecule has 0 bridgehead atoms. The normalized spacial score (nSPS) is 26.8. The predicted octanol–water partition coefficient (Wildman–Crippen LogP) is 0.269. The molecule has 0 radical (unpaired) electrons. The van der Waals surface area contributed by atoms with Crippen molar-refractivity contribution >= 4 is 5.82 Å². The fourth-order valence-electron chi connectivity index (χ4n) is 1.19. The molecule has 0 aliphatic heterocycles. The van der Waals surface area contributed by atoms with E-state index in [-0.39, 0.29) is 6.61 Å². The zero-order valence-corrected chi connectivity index (χ0v) is 6.64. The summed E-state index contributed by atoms with van der Waals surface area (Å²) in [4.78, 5) is 8.00. The fraction of sp³-hybridized carbons (Fsp3) is 0.500.